The van der Waals surface area contributed by atoms with Crippen molar-refractivity contribution in [1.82, 2.24) is 5.32 Å². The van der Waals surface area contributed by atoms with Crippen molar-refractivity contribution in [2.24, 2.45) is 0 Å². The van der Waals surface area contributed by atoms with Crippen LogP contribution in [-0.4, -0.2) is 28.8 Å². The fourth-order valence-corrected chi connectivity index (χ4v) is 5.09. The molecule has 1 aromatic heterocycles. The molecule has 0 saturated carbocycles. The van der Waals surface area contributed by atoms with Crippen LogP contribution >= 0.6 is 23.1 Å². The maximum atomic E-state index is 13.1. The lowest BCUT2D eigenvalue weighted by atomic mass is 10.1. The summed E-state index contributed by atoms with van der Waals surface area (Å²) in [6, 6.07) is 26.3. The van der Waals surface area contributed by atoms with Crippen molar-refractivity contribution in [1.29, 1.82) is 0 Å². The van der Waals surface area contributed by atoms with E-state index in [9.17, 15) is 19.2 Å². The first kappa shape index (κ1) is 28.5. The Labute approximate surface area is 240 Å². The van der Waals surface area contributed by atoms with Crippen LogP contribution in [0.1, 0.15) is 39.4 Å². The minimum atomic E-state index is -0.457. The first-order chi connectivity index (χ1) is 19.3. The number of carbonyl (C=O) groups excluding carboxylic acids is 4. The summed E-state index contributed by atoms with van der Waals surface area (Å²) in [6.45, 7) is 3.30. The molecule has 3 aromatic carbocycles. The number of rotatable bonds is 10. The van der Waals surface area contributed by atoms with Crippen LogP contribution in [0, 0.1) is 0 Å². The third-order valence-corrected chi connectivity index (χ3v) is 7.64. The van der Waals surface area contributed by atoms with E-state index in [1.54, 1.807) is 73.7 Å². The quantitative estimate of drug-likeness (QED) is 0.115. The molecular formula is C31H27N3O4S2. The Morgan fingerprint density at radius 1 is 0.775 bits per heavy atom. The maximum Gasteiger partial charge on any atom is 0.272 e. The predicted molar refractivity (Wildman–Crippen MR) is 162 cm³/mol. The molecule has 3 N–H and O–H groups in total. The zero-order valence-electron chi connectivity index (χ0n) is 21.8. The van der Waals surface area contributed by atoms with Crippen LogP contribution in [0.3, 0.4) is 0 Å². The highest BCUT2D eigenvalue weighted by atomic mass is 32.2. The number of benzene rings is 3. The smallest absolute Gasteiger partial charge is 0.272 e. The van der Waals surface area contributed by atoms with Crippen molar-refractivity contribution < 1.29 is 19.2 Å². The van der Waals surface area contributed by atoms with Gasteiger partial charge in [-0.05, 0) is 92.0 Å². The SMILES string of the molecule is CC(=O)c1ccc(NC(=O)C(C)Sc2ccc(NC(=O)/C(=C/c3cccs3)NC(=O)c3ccccc3)cc2)cc1. The van der Waals surface area contributed by atoms with Crippen LogP contribution in [0.5, 0.6) is 0 Å². The fourth-order valence-electron chi connectivity index (χ4n) is 3.56. The van der Waals surface area contributed by atoms with E-state index in [2.05, 4.69) is 16.0 Å². The van der Waals surface area contributed by atoms with Gasteiger partial charge in [0, 0.05) is 32.3 Å². The van der Waals surface area contributed by atoms with Crippen molar-refractivity contribution >= 4 is 64.1 Å². The second kappa shape index (κ2) is 13.5. The molecule has 0 aliphatic heterocycles. The number of amides is 3. The first-order valence-corrected chi connectivity index (χ1v) is 14.2. The molecule has 1 unspecified atom stereocenters. The summed E-state index contributed by atoms with van der Waals surface area (Å²) < 4.78 is 0. The third-order valence-electron chi connectivity index (χ3n) is 5.71. The molecule has 0 aliphatic rings. The normalized spacial score (nSPS) is 11.8. The van der Waals surface area contributed by atoms with Gasteiger partial charge in [-0.15, -0.1) is 23.1 Å². The highest BCUT2D eigenvalue weighted by Crippen LogP contribution is 2.26. The molecule has 202 valence electrons. The number of ketones is 1. The Hall–Kier alpha value is -4.47. The van der Waals surface area contributed by atoms with Crippen LogP contribution in [0.2, 0.25) is 0 Å². The average molecular weight is 570 g/mol. The molecule has 0 radical (unpaired) electrons. The standard InChI is InChI=1S/C31H27N3O4S2/c1-20(35)22-10-12-24(13-11-22)32-29(36)21(2)40-26-16-14-25(15-17-26)33-31(38)28(19-27-9-6-18-39-27)34-30(37)23-7-4-3-5-8-23/h3-19,21H,1-2H3,(H,32,36)(H,33,38)(H,34,37)/b28-19-. The average Bonchev–Trinajstić information content (AvgIpc) is 3.47. The molecule has 4 aromatic rings. The number of hydrogen-bond acceptors (Lipinski definition) is 6. The molecule has 3 amide bonds. The van der Waals surface area contributed by atoms with E-state index >= 15 is 0 Å². The number of nitrogens with one attached hydrogen (secondary N) is 3. The van der Waals surface area contributed by atoms with E-state index in [0.717, 1.165) is 9.77 Å². The molecule has 1 atom stereocenters. The lowest BCUT2D eigenvalue weighted by molar-refractivity contribution is -0.115. The summed E-state index contributed by atoms with van der Waals surface area (Å²) in [4.78, 5) is 51.6. The van der Waals surface area contributed by atoms with Gasteiger partial charge in [-0.2, -0.15) is 0 Å². The van der Waals surface area contributed by atoms with Gasteiger partial charge in [0.15, 0.2) is 5.78 Å². The van der Waals surface area contributed by atoms with E-state index < -0.39 is 5.91 Å². The van der Waals surface area contributed by atoms with E-state index in [0.29, 0.717) is 22.5 Å². The van der Waals surface area contributed by atoms with Crippen LogP contribution in [0.15, 0.2) is 107 Å². The topological polar surface area (TPSA) is 104 Å². The Morgan fingerprint density at radius 2 is 1.43 bits per heavy atom. The van der Waals surface area contributed by atoms with Gasteiger partial charge in [-0.25, -0.2) is 0 Å². The van der Waals surface area contributed by atoms with Crippen LogP contribution < -0.4 is 16.0 Å². The van der Waals surface area contributed by atoms with E-state index in [-0.39, 0.29) is 28.5 Å². The summed E-state index contributed by atoms with van der Waals surface area (Å²) in [5, 5.41) is 9.91. The summed E-state index contributed by atoms with van der Waals surface area (Å²) in [7, 11) is 0. The van der Waals surface area contributed by atoms with Crippen molar-refractivity contribution in [2.45, 2.75) is 24.0 Å². The number of thiophene rings is 1. The van der Waals surface area contributed by atoms with E-state index in [4.69, 9.17) is 0 Å². The first-order valence-electron chi connectivity index (χ1n) is 12.4. The third kappa shape index (κ3) is 8.02. The summed E-state index contributed by atoms with van der Waals surface area (Å²) in [6.07, 6.45) is 1.64. The summed E-state index contributed by atoms with van der Waals surface area (Å²) >= 11 is 2.83. The van der Waals surface area contributed by atoms with Crippen LogP contribution in [0.25, 0.3) is 6.08 Å². The van der Waals surface area contributed by atoms with Gasteiger partial charge in [0.25, 0.3) is 11.8 Å². The van der Waals surface area contributed by atoms with Gasteiger partial charge in [0.2, 0.25) is 5.91 Å². The predicted octanol–water partition coefficient (Wildman–Crippen LogP) is 6.48. The Morgan fingerprint density at radius 3 is 2.05 bits per heavy atom. The van der Waals surface area contributed by atoms with Crippen molar-refractivity contribution in [3.05, 3.63) is 118 Å². The largest absolute Gasteiger partial charge is 0.325 e. The number of anilines is 2. The number of carbonyl (C=O) groups is 4. The molecule has 9 heteroatoms. The molecule has 0 saturated heterocycles. The molecule has 1 heterocycles. The Bertz CT molecular complexity index is 1520. The minimum Gasteiger partial charge on any atom is -0.325 e. The van der Waals surface area contributed by atoms with E-state index in [1.807, 2.05) is 35.7 Å². The molecule has 0 aliphatic carbocycles. The van der Waals surface area contributed by atoms with Crippen molar-refractivity contribution in [3.8, 4) is 0 Å². The molecule has 0 spiro atoms. The monoisotopic (exact) mass is 569 g/mol. The molecule has 0 bridgehead atoms. The van der Waals surface area contributed by atoms with Crippen LogP contribution in [-0.2, 0) is 9.59 Å². The zero-order valence-corrected chi connectivity index (χ0v) is 23.5. The second-order valence-corrected chi connectivity index (χ2v) is 11.1. The van der Waals surface area contributed by atoms with Gasteiger partial charge in [-0.3, -0.25) is 19.2 Å². The number of hydrogen-bond donors (Lipinski definition) is 3. The molecular weight excluding hydrogens is 542 g/mol. The molecule has 4 rings (SSSR count). The van der Waals surface area contributed by atoms with Gasteiger partial charge in [0.1, 0.15) is 5.70 Å². The van der Waals surface area contributed by atoms with Gasteiger partial charge >= 0.3 is 0 Å². The summed E-state index contributed by atoms with van der Waals surface area (Å²) in [5.74, 6) is -1.04. The zero-order chi connectivity index (χ0) is 28.5. The maximum absolute atomic E-state index is 13.1. The summed E-state index contributed by atoms with van der Waals surface area (Å²) in [5.41, 5.74) is 2.31. The fraction of sp³-hybridized carbons (Fsp3) is 0.0968. The van der Waals surface area contributed by atoms with Crippen molar-refractivity contribution in [3.63, 3.8) is 0 Å². The molecule has 7 nitrogen and oxygen atoms in total. The van der Waals surface area contributed by atoms with Gasteiger partial charge < -0.3 is 16.0 Å². The Kier molecular flexibility index (Phi) is 9.66. The molecule has 40 heavy (non-hydrogen) atoms. The number of Topliss-reactive ketones (excluding diaryl/α,β-unsaturated/α-hetero) is 1. The Balaban J connectivity index is 1.37. The highest BCUT2D eigenvalue weighted by molar-refractivity contribution is 8.00. The minimum absolute atomic E-state index is 0.0341. The van der Waals surface area contributed by atoms with Gasteiger partial charge in [0.05, 0.1) is 5.25 Å². The van der Waals surface area contributed by atoms with Crippen molar-refractivity contribution in [2.75, 3.05) is 10.6 Å². The highest BCUT2D eigenvalue weighted by Gasteiger charge is 2.17. The lowest BCUT2D eigenvalue weighted by Gasteiger charge is -2.13. The second-order valence-electron chi connectivity index (χ2n) is 8.75. The number of thioether (sulfide) groups is 1. The van der Waals surface area contributed by atoms with Crippen LogP contribution in [0.4, 0.5) is 11.4 Å². The molecule has 0 fully saturated rings. The lowest BCUT2D eigenvalue weighted by Crippen LogP contribution is -2.30. The van der Waals surface area contributed by atoms with Gasteiger partial charge in [-0.1, -0.05) is 24.3 Å². The van der Waals surface area contributed by atoms with E-state index in [1.165, 1.54) is 30.0 Å².